The molecule has 2 saturated carbocycles. The van der Waals surface area contributed by atoms with Crippen molar-refractivity contribution in [1.29, 1.82) is 0 Å². The number of carbonyl (C=O) groups is 4. The molecule has 2 aromatic carbocycles. The van der Waals surface area contributed by atoms with Crippen LogP contribution in [-0.4, -0.2) is 63.1 Å². The largest absolute Gasteiger partial charge is 0.451 e. The van der Waals surface area contributed by atoms with Gasteiger partial charge < -0.3 is 20.2 Å². The van der Waals surface area contributed by atoms with E-state index in [0.717, 1.165) is 32.1 Å². The Hall–Kier alpha value is -4.30. The lowest BCUT2D eigenvalue weighted by Gasteiger charge is -2.42. The van der Waals surface area contributed by atoms with E-state index in [2.05, 4.69) is 10.0 Å². The van der Waals surface area contributed by atoms with Crippen molar-refractivity contribution in [3.05, 3.63) is 60.4 Å². The topological polar surface area (TPSA) is 175 Å². The summed E-state index contributed by atoms with van der Waals surface area (Å²) < 4.78 is 52.9. The SMILES string of the molecule is CC(C)(C)OC(=O)N[C@H](CF)[C@H]1CC[C@H](C(=O)[N+]2(c3ccc4oc(C(=O)NS(=O)(=O)c5ccccc5)cc4c3)CC[C@@H](C3CCCCC3)[C@H]2C(N)=O)CC1. The summed E-state index contributed by atoms with van der Waals surface area (Å²) in [6, 6.07) is 12.5. The number of nitrogens with one attached hydrogen (secondary N) is 2. The van der Waals surface area contributed by atoms with Crippen molar-refractivity contribution in [2.24, 2.45) is 29.4 Å². The first-order valence-corrected chi connectivity index (χ1v) is 20.5. The van der Waals surface area contributed by atoms with Gasteiger partial charge in [-0.25, -0.2) is 31.6 Å². The van der Waals surface area contributed by atoms with Crippen molar-refractivity contribution in [3.8, 4) is 0 Å². The summed E-state index contributed by atoms with van der Waals surface area (Å²) >= 11 is 0. The molecule has 6 rings (SSSR count). The molecule has 4 amide bonds. The number of primary amides is 1. The number of amides is 4. The second kappa shape index (κ2) is 15.8. The van der Waals surface area contributed by atoms with Crippen LogP contribution in [0.25, 0.3) is 11.0 Å². The van der Waals surface area contributed by atoms with Gasteiger partial charge in [-0.05, 0) is 95.4 Å². The molecule has 1 saturated heterocycles. The highest BCUT2D eigenvalue weighted by Crippen LogP contribution is 2.48. The van der Waals surface area contributed by atoms with Crippen LogP contribution in [0.1, 0.15) is 95.5 Å². The number of hydrogen-bond donors (Lipinski definition) is 3. The summed E-state index contributed by atoms with van der Waals surface area (Å²) in [4.78, 5) is 54.3. The highest BCUT2D eigenvalue weighted by molar-refractivity contribution is 7.90. The van der Waals surface area contributed by atoms with Crippen molar-refractivity contribution in [2.75, 3.05) is 13.2 Å². The molecular formula is C40H52FN4O8S+. The summed E-state index contributed by atoms with van der Waals surface area (Å²) in [7, 11) is -4.16. The maximum Gasteiger partial charge on any atom is 0.407 e. The Balaban J connectivity index is 1.30. The van der Waals surface area contributed by atoms with Crippen LogP contribution >= 0.6 is 0 Å². The van der Waals surface area contributed by atoms with Crippen molar-refractivity contribution in [2.45, 2.75) is 108 Å². The van der Waals surface area contributed by atoms with E-state index in [9.17, 15) is 27.2 Å². The van der Waals surface area contributed by atoms with Crippen molar-refractivity contribution in [3.63, 3.8) is 0 Å². The number of rotatable bonds is 10. The molecule has 12 nitrogen and oxygen atoms in total. The average Bonchev–Trinajstić information content (AvgIpc) is 3.77. The molecule has 1 aromatic heterocycles. The lowest BCUT2D eigenvalue weighted by atomic mass is 9.75. The molecule has 0 radical (unpaired) electrons. The minimum atomic E-state index is -4.16. The zero-order valence-electron chi connectivity index (χ0n) is 31.2. The third kappa shape index (κ3) is 8.19. The Morgan fingerprint density at radius 2 is 1.63 bits per heavy atom. The van der Waals surface area contributed by atoms with Gasteiger partial charge in [0.15, 0.2) is 11.8 Å². The number of nitrogens with two attached hydrogens (primary N) is 1. The van der Waals surface area contributed by atoms with Gasteiger partial charge in [-0.15, -0.1) is 0 Å². The van der Waals surface area contributed by atoms with Crippen LogP contribution in [-0.2, 0) is 24.3 Å². The molecule has 0 spiro atoms. The third-order valence-corrected chi connectivity index (χ3v) is 13.0. The van der Waals surface area contributed by atoms with Crippen molar-refractivity contribution in [1.82, 2.24) is 14.5 Å². The van der Waals surface area contributed by atoms with Gasteiger partial charge in [0.2, 0.25) is 0 Å². The van der Waals surface area contributed by atoms with Gasteiger partial charge in [0, 0.05) is 29.9 Å². The van der Waals surface area contributed by atoms with E-state index < -0.39 is 58.2 Å². The van der Waals surface area contributed by atoms with E-state index in [0.29, 0.717) is 55.3 Å². The monoisotopic (exact) mass is 767 g/mol. The van der Waals surface area contributed by atoms with Gasteiger partial charge in [0.25, 0.3) is 15.9 Å². The molecule has 3 fully saturated rings. The number of quaternary nitrogens is 1. The fourth-order valence-electron chi connectivity index (χ4n) is 9.18. The van der Waals surface area contributed by atoms with Gasteiger partial charge in [0.05, 0.1) is 23.4 Å². The Labute approximate surface area is 316 Å². The fraction of sp³-hybridized carbons (Fsp3) is 0.550. The Morgan fingerprint density at radius 1 is 0.944 bits per heavy atom. The van der Waals surface area contributed by atoms with Crippen LogP contribution in [0.5, 0.6) is 0 Å². The van der Waals surface area contributed by atoms with Crippen molar-refractivity contribution < 1.29 is 41.1 Å². The average molecular weight is 768 g/mol. The Bertz CT molecular complexity index is 1970. The van der Waals surface area contributed by atoms with E-state index in [1.807, 2.05) is 0 Å². The van der Waals surface area contributed by atoms with Crippen LogP contribution in [0.2, 0.25) is 0 Å². The summed E-state index contributed by atoms with van der Waals surface area (Å²) in [6.07, 6.45) is 7.03. The zero-order valence-corrected chi connectivity index (χ0v) is 32.0. The van der Waals surface area contributed by atoms with E-state index in [4.69, 9.17) is 14.9 Å². The molecule has 2 heterocycles. The first-order chi connectivity index (χ1) is 25.6. The van der Waals surface area contributed by atoms with E-state index in [1.165, 1.54) is 18.2 Å². The molecule has 1 unspecified atom stereocenters. The number of benzene rings is 2. The lowest BCUT2D eigenvalue weighted by molar-refractivity contribution is -0.142. The van der Waals surface area contributed by atoms with Crippen LogP contribution in [0.4, 0.5) is 14.9 Å². The summed E-state index contributed by atoms with van der Waals surface area (Å²) in [5, 5.41) is 3.15. The second-order valence-electron chi connectivity index (χ2n) is 16.2. The molecule has 3 aliphatic rings. The number of carbonyl (C=O) groups excluding carboxylic acids is 4. The Morgan fingerprint density at radius 3 is 2.26 bits per heavy atom. The maximum atomic E-state index is 15.1. The normalized spacial score (nSPS) is 25.9. The number of nitrogens with zero attached hydrogens (tertiary/aromatic N) is 1. The number of alkyl halides is 1. The number of fused-ring (bicyclic) bond motifs is 1. The molecule has 2 aliphatic carbocycles. The summed E-state index contributed by atoms with van der Waals surface area (Å²) in [5.74, 6) is -2.32. The summed E-state index contributed by atoms with van der Waals surface area (Å²) in [6.45, 7) is 4.82. The fourth-order valence-corrected chi connectivity index (χ4v) is 10.2. The van der Waals surface area contributed by atoms with Crippen LogP contribution in [0.15, 0.2) is 63.9 Å². The number of alkyl carbamates (subject to hydrolysis) is 1. The predicted octanol–water partition coefficient (Wildman–Crippen LogP) is 6.51. The number of furan rings is 1. The molecular weight excluding hydrogens is 716 g/mol. The smallest absolute Gasteiger partial charge is 0.407 e. The highest BCUT2D eigenvalue weighted by Gasteiger charge is 2.60. The number of ether oxygens (including phenoxy) is 1. The van der Waals surface area contributed by atoms with E-state index in [1.54, 1.807) is 57.2 Å². The van der Waals surface area contributed by atoms with Crippen LogP contribution in [0, 0.1) is 23.7 Å². The minimum Gasteiger partial charge on any atom is -0.451 e. The number of halogens is 1. The lowest BCUT2D eigenvalue weighted by Crippen LogP contribution is -2.65. The van der Waals surface area contributed by atoms with Crippen LogP contribution < -0.4 is 20.3 Å². The molecule has 54 heavy (non-hydrogen) atoms. The minimum absolute atomic E-state index is 0.0747. The van der Waals surface area contributed by atoms with Gasteiger partial charge in [-0.2, -0.15) is 0 Å². The van der Waals surface area contributed by atoms with Gasteiger partial charge in [-0.3, -0.25) is 9.59 Å². The molecule has 14 heteroatoms. The standard InChI is InChI=1S/C40H51FN4O8S/c1-40(2,3)53-39(49)43-32(24-41)26-14-16-27(17-15-26)38(48)45(21-20-31(35(45)36(42)46)25-10-6-4-7-11-25)29-18-19-33-28(22-29)23-34(52-33)37(47)44-54(50,51)30-12-8-5-9-13-30/h5,8-9,12-13,18-19,22-23,25-27,31-32,35H,4,6-7,10-11,14-17,20-21,24H2,1-3H3,(H3-,42,43,44,46,47,49)/p+1/t26-,27-,31-,32+,35-,45?/m0/s1. The predicted molar refractivity (Wildman–Crippen MR) is 201 cm³/mol. The van der Waals surface area contributed by atoms with Crippen molar-refractivity contribution >= 4 is 50.5 Å². The number of likely N-dealkylation sites (tertiary alicyclic amines) is 1. The summed E-state index contributed by atoms with van der Waals surface area (Å²) in [5.41, 5.74) is 6.41. The van der Waals surface area contributed by atoms with Crippen LogP contribution in [0.3, 0.4) is 0 Å². The molecule has 3 aromatic rings. The molecule has 4 atom stereocenters. The highest BCUT2D eigenvalue weighted by atomic mass is 32.2. The molecule has 292 valence electrons. The zero-order chi connectivity index (χ0) is 38.8. The van der Waals surface area contributed by atoms with Gasteiger partial charge in [0.1, 0.15) is 23.5 Å². The Kier molecular flexibility index (Phi) is 11.5. The number of hydrogen-bond acceptors (Lipinski definition) is 8. The van der Waals surface area contributed by atoms with E-state index in [-0.39, 0.29) is 38.8 Å². The van der Waals surface area contributed by atoms with E-state index >= 15 is 4.79 Å². The molecule has 4 N–H and O–H groups in total. The number of sulfonamides is 1. The first kappa shape index (κ1) is 39.4. The quantitative estimate of drug-likeness (QED) is 0.196. The van der Waals surface area contributed by atoms with Gasteiger partial charge >= 0.3 is 17.9 Å². The first-order valence-electron chi connectivity index (χ1n) is 19.1. The van der Waals surface area contributed by atoms with Gasteiger partial charge in [-0.1, -0.05) is 37.5 Å². The third-order valence-electron chi connectivity index (χ3n) is 11.7. The maximum absolute atomic E-state index is 15.1. The second-order valence-corrected chi connectivity index (χ2v) is 17.9. The molecule has 0 bridgehead atoms. The molecule has 1 aliphatic heterocycles.